The molecule has 0 saturated heterocycles. The zero-order valence-electron chi connectivity index (χ0n) is 16.5. The molecule has 146 valence electrons. The summed E-state index contributed by atoms with van der Waals surface area (Å²) in [6, 6.07) is 13.9. The van der Waals surface area contributed by atoms with Gasteiger partial charge in [0.25, 0.3) is 5.91 Å². The van der Waals surface area contributed by atoms with Crippen LogP contribution in [0.4, 0.5) is 11.4 Å². The number of nitrogens with zero attached hydrogens (tertiary/aromatic N) is 1. The van der Waals surface area contributed by atoms with Crippen LogP contribution in [0.3, 0.4) is 0 Å². The number of aryl methyl sites for hydroxylation is 1. The standard InChI is InChI=1S/C23H21N3O3/c1-5-29-23(28)21-14(2)20(15(3)25-21)16-9-11-17(12-10-16)22(27)26-19-8-6-7-18(13-19)24-4/h6-13,25H,5H2,1-3H3,(H,26,27). The van der Waals surface area contributed by atoms with E-state index in [0.717, 1.165) is 22.4 Å². The molecule has 0 fully saturated rings. The molecule has 0 aliphatic rings. The van der Waals surface area contributed by atoms with Crippen molar-refractivity contribution < 1.29 is 14.3 Å². The Morgan fingerprint density at radius 1 is 1.14 bits per heavy atom. The van der Waals surface area contributed by atoms with Gasteiger partial charge < -0.3 is 15.0 Å². The Bertz CT molecular complexity index is 1110. The fourth-order valence-corrected chi connectivity index (χ4v) is 3.24. The van der Waals surface area contributed by atoms with Crippen molar-refractivity contribution in [1.29, 1.82) is 0 Å². The Labute approximate surface area is 169 Å². The lowest BCUT2D eigenvalue weighted by molar-refractivity contribution is 0.0519. The maximum absolute atomic E-state index is 12.5. The highest BCUT2D eigenvalue weighted by atomic mass is 16.5. The number of amides is 1. The first-order valence-electron chi connectivity index (χ1n) is 9.20. The van der Waals surface area contributed by atoms with E-state index in [-0.39, 0.29) is 11.9 Å². The molecule has 6 heteroatoms. The van der Waals surface area contributed by atoms with Gasteiger partial charge in [0.15, 0.2) is 5.69 Å². The molecule has 0 unspecified atom stereocenters. The minimum Gasteiger partial charge on any atom is -0.461 e. The number of carbonyl (C=O) groups is 2. The number of aromatic amines is 1. The molecule has 0 aliphatic carbocycles. The number of nitrogens with one attached hydrogen (secondary N) is 2. The third kappa shape index (κ3) is 4.19. The van der Waals surface area contributed by atoms with Gasteiger partial charge in [0.1, 0.15) is 5.69 Å². The summed E-state index contributed by atoms with van der Waals surface area (Å²) in [6.07, 6.45) is 0. The SMILES string of the molecule is [C-]#[N+]c1cccc(NC(=O)c2ccc(-c3c(C)[nH]c(C(=O)OCC)c3C)cc2)c1. The zero-order chi connectivity index (χ0) is 21.0. The van der Waals surface area contributed by atoms with Gasteiger partial charge in [-0.25, -0.2) is 9.64 Å². The number of esters is 1. The van der Waals surface area contributed by atoms with Gasteiger partial charge in [-0.15, -0.1) is 0 Å². The van der Waals surface area contributed by atoms with Crippen molar-refractivity contribution in [3.05, 3.63) is 82.5 Å². The average molecular weight is 387 g/mol. The molecule has 3 aromatic rings. The van der Waals surface area contributed by atoms with Crippen molar-refractivity contribution in [3.63, 3.8) is 0 Å². The lowest BCUT2D eigenvalue weighted by atomic mass is 10.00. The van der Waals surface area contributed by atoms with Crippen LogP contribution in [0.15, 0.2) is 48.5 Å². The second-order valence-corrected chi connectivity index (χ2v) is 6.54. The molecule has 3 rings (SSSR count). The Balaban J connectivity index is 1.82. The second kappa shape index (κ2) is 8.44. The Morgan fingerprint density at radius 3 is 2.52 bits per heavy atom. The van der Waals surface area contributed by atoms with Gasteiger partial charge in [-0.05, 0) is 56.2 Å². The second-order valence-electron chi connectivity index (χ2n) is 6.54. The summed E-state index contributed by atoms with van der Waals surface area (Å²) in [5.74, 6) is -0.634. The third-order valence-electron chi connectivity index (χ3n) is 4.59. The molecule has 0 saturated carbocycles. The van der Waals surface area contributed by atoms with Crippen LogP contribution in [0.5, 0.6) is 0 Å². The number of H-pyrrole nitrogens is 1. The number of aromatic nitrogens is 1. The maximum Gasteiger partial charge on any atom is 0.355 e. The third-order valence-corrected chi connectivity index (χ3v) is 4.59. The van der Waals surface area contributed by atoms with Crippen molar-refractivity contribution in [2.24, 2.45) is 0 Å². The molecule has 1 amide bonds. The topological polar surface area (TPSA) is 75.5 Å². The highest BCUT2D eigenvalue weighted by molar-refractivity contribution is 6.04. The van der Waals surface area contributed by atoms with Crippen molar-refractivity contribution in [2.75, 3.05) is 11.9 Å². The van der Waals surface area contributed by atoms with Crippen molar-refractivity contribution in [3.8, 4) is 11.1 Å². The summed E-state index contributed by atoms with van der Waals surface area (Å²) in [6.45, 7) is 12.9. The number of carbonyl (C=O) groups excluding carboxylic acids is 2. The average Bonchev–Trinajstić information content (AvgIpc) is 3.02. The fraction of sp³-hybridized carbons (Fsp3) is 0.174. The minimum absolute atomic E-state index is 0.256. The molecule has 1 heterocycles. The van der Waals surface area contributed by atoms with Crippen LogP contribution in [0, 0.1) is 20.4 Å². The highest BCUT2D eigenvalue weighted by Crippen LogP contribution is 2.30. The smallest absolute Gasteiger partial charge is 0.355 e. The predicted molar refractivity (Wildman–Crippen MR) is 112 cm³/mol. The van der Waals surface area contributed by atoms with E-state index in [1.807, 2.05) is 26.0 Å². The Kier molecular flexibility index (Phi) is 5.79. The molecule has 0 spiro atoms. The molecule has 1 aromatic heterocycles. The number of ether oxygens (including phenoxy) is 1. The van der Waals surface area contributed by atoms with Gasteiger partial charge in [-0.2, -0.15) is 0 Å². The van der Waals surface area contributed by atoms with Crippen LogP contribution in [-0.4, -0.2) is 23.5 Å². The van der Waals surface area contributed by atoms with Crippen LogP contribution >= 0.6 is 0 Å². The van der Waals surface area contributed by atoms with Crippen LogP contribution in [-0.2, 0) is 4.74 Å². The molecule has 2 N–H and O–H groups in total. The molecular formula is C23H21N3O3. The van der Waals surface area contributed by atoms with Crippen molar-refractivity contribution in [2.45, 2.75) is 20.8 Å². The van der Waals surface area contributed by atoms with Crippen LogP contribution in [0.25, 0.3) is 16.0 Å². The van der Waals surface area contributed by atoms with Gasteiger partial charge in [0.05, 0.1) is 13.2 Å². The Morgan fingerprint density at radius 2 is 1.86 bits per heavy atom. The number of hydrogen-bond donors (Lipinski definition) is 2. The number of hydrogen-bond acceptors (Lipinski definition) is 3. The van der Waals surface area contributed by atoms with Gasteiger partial charge >= 0.3 is 5.97 Å². The molecule has 6 nitrogen and oxygen atoms in total. The highest BCUT2D eigenvalue weighted by Gasteiger charge is 2.19. The first-order chi connectivity index (χ1) is 13.9. The van der Waals surface area contributed by atoms with E-state index >= 15 is 0 Å². The normalized spacial score (nSPS) is 10.3. The maximum atomic E-state index is 12.5. The lowest BCUT2D eigenvalue weighted by Crippen LogP contribution is -2.11. The minimum atomic E-state index is -0.378. The van der Waals surface area contributed by atoms with Crippen molar-refractivity contribution in [1.82, 2.24) is 4.98 Å². The summed E-state index contributed by atoms with van der Waals surface area (Å²) < 4.78 is 5.10. The summed E-state index contributed by atoms with van der Waals surface area (Å²) in [5, 5.41) is 2.80. The van der Waals surface area contributed by atoms with E-state index in [1.165, 1.54) is 0 Å². The van der Waals surface area contributed by atoms with E-state index in [1.54, 1.807) is 43.3 Å². The first kappa shape index (κ1) is 19.9. The number of anilines is 1. The van der Waals surface area contributed by atoms with Gasteiger partial charge in [0.2, 0.25) is 0 Å². The molecule has 0 atom stereocenters. The monoisotopic (exact) mass is 387 g/mol. The zero-order valence-corrected chi connectivity index (χ0v) is 16.5. The van der Waals surface area contributed by atoms with Crippen molar-refractivity contribution >= 4 is 23.3 Å². The van der Waals surface area contributed by atoms with E-state index in [0.29, 0.717) is 29.2 Å². The van der Waals surface area contributed by atoms with Gasteiger partial charge in [0, 0.05) is 22.5 Å². The van der Waals surface area contributed by atoms with Gasteiger partial charge in [-0.3, -0.25) is 4.79 Å². The van der Waals surface area contributed by atoms with Gasteiger partial charge in [-0.1, -0.05) is 24.3 Å². The summed E-state index contributed by atoms with van der Waals surface area (Å²) in [7, 11) is 0. The molecule has 0 radical (unpaired) electrons. The van der Waals surface area contributed by atoms with E-state index in [2.05, 4.69) is 15.1 Å². The van der Waals surface area contributed by atoms with Crippen LogP contribution in [0.1, 0.15) is 39.0 Å². The Hall–Kier alpha value is -3.85. The summed E-state index contributed by atoms with van der Waals surface area (Å²) in [4.78, 5) is 31.1. The molecule has 29 heavy (non-hydrogen) atoms. The molecule has 2 aromatic carbocycles. The first-order valence-corrected chi connectivity index (χ1v) is 9.20. The predicted octanol–water partition coefficient (Wildman–Crippen LogP) is 5.28. The largest absolute Gasteiger partial charge is 0.461 e. The van der Waals surface area contributed by atoms with Crippen LogP contribution < -0.4 is 5.32 Å². The summed E-state index contributed by atoms with van der Waals surface area (Å²) in [5.41, 5.74) is 5.48. The lowest BCUT2D eigenvalue weighted by Gasteiger charge is -2.08. The molecular weight excluding hydrogens is 366 g/mol. The number of rotatable bonds is 5. The van der Waals surface area contributed by atoms with E-state index in [4.69, 9.17) is 11.3 Å². The van der Waals surface area contributed by atoms with E-state index < -0.39 is 0 Å². The number of benzene rings is 2. The summed E-state index contributed by atoms with van der Waals surface area (Å²) >= 11 is 0. The fourth-order valence-electron chi connectivity index (χ4n) is 3.24. The van der Waals surface area contributed by atoms with Crippen LogP contribution in [0.2, 0.25) is 0 Å². The van der Waals surface area contributed by atoms with E-state index in [9.17, 15) is 9.59 Å². The molecule has 0 aliphatic heterocycles. The quantitative estimate of drug-likeness (QED) is 0.462. The molecule has 0 bridgehead atoms.